The fraction of sp³-hybridized carbons (Fsp3) is 0.333. The van der Waals surface area contributed by atoms with Crippen molar-refractivity contribution in [3.63, 3.8) is 0 Å². The number of ether oxygens (including phenoxy) is 1. The summed E-state index contributed by atoms with van der Waals surface area (Å²) in [4.78, 5) is 29.5. The van der Waals surface area contributed by atoms with E-state index in [1.54, 1.807) is 22.9 Å². The van der Waals surface area contributed by atoms with Crippen LogP contribution in [0.2, 0.25) is 0 Å². The van der Waals surface area contributed by atoms with E-state index in [4.69, 9.17) is 9.72 Å². The molecule has 0 fully saturated rings. The lowest BCUT2D eigenvalue weighted by atomic mass is 10.2. The molecule has 0 spiro atoms. The Hall–Kier alpha value is -3.72. The van der Waals surface area contributed by atoms with Gasteiger partial charge in [-0.05, 0) is 38.1 Å². The lowest BCUT2D eigenvalue weighted by Gasteiger charge is -2.16. The van der Waals surface area contributed by atoms with Crippen LogP contribution in [-0.2, 0) is 11.3 Å². The normalized spacial score (nSPS) is 18.2. The van der Waals surface area contributed by atoms with E-state index in [9.17, 15) is 9.59 Å². The maximum absolute atomic E-state index is 12.4. The SMILES string of the molecule is C[C@@H]1NC(=O)CNCCCNC(=O)c2cccc(c2)OCCn2nc(-c3ccccc3)nc21. The van der Waals surface area contributed by atoms with Crippen LogP contribution in [0.1, 0.15) is 35.6 Å². The summed E-state index contributed by atoms with van der Waals surface area (Å²) < 4.78 is 7.67. The smallest absolute Gasteiger partial charge is 0.251 e. The van der Waals surface area contributed by atoms with Crippen molar-refractivity contribution >= 4 is 11.8 Å². The largest absolute Gasteiger partial charge is 0.492 e. The summed E-state index contributed by atoms with van der Waals surface area (Å²) in [5, 5.41) is 13.6. The minimum absolute atomic E-state index is 0.130. The van der Waals surface area contributed by atoms with Crippen LogP contribution >= 0.6 is 0 Å². The van der Waals surface area contributed by atoms with E-state index in [-0.39, 0.29) is 24.4 Å². The van der Waals surface area contributed by atoms with Crippen LogP contribution in [0.25, 0.3) is 11.4 Å². The van der Waals surface area contributed by atoms with Gasteiger partial charge in [-0.2, -0.15) is 5.10 Å². The Bertz CT molecular complexity index is 1100. The molecule has 1 aliphatic heterocycles. The molecule has 2 heterocycles. The molecule has 2 aromatic carbocycles. The number of aromatic nitrogens is 3. The van der Waals surface area contributed by atoms with Crippen LogP contribution in [0, 0.1) is 0 Å². The molecule has 172 valence electrons. The van der Waals surface area contributed by atoms with Crippen molar-refractivity contribution in [1.29, 1.82) is 0 Å². The molecule has 4 rings (SSSR count). The summed E-state index contributed by atoms with van der Waals surface area (Å²) in [7, 11) is 0. The second-order valence-corrected chi connectivity index (χ2v) is 7.83. The van der Waals surface area contributed by atoms with Crippen LogP contribution in [0.5, 0.6) is 5.75 Å². The van der Waals surface area contributed by atoms with Crippen molar-refractivity contribution in [3.8, 4) is 17.1 Å². The third-order valence-electron chi connectivity index (χ3n) is 5.27. The molecule has 0 saturated carbocycles. The molecule has 0 aliphatic carbocycles. The van der Waals surface area contributed by atoms with Crippen LogP contribution in [0.4, 0.5) is 0 Å². The van der Waals surface area contributed by atoms with Crippen molar-refractivity contribution in [2.24, 2.45) is 0 Å². The van der Waals surface area contributed by atoms with Crippen molar-refractivity contribution in [1.82, 2.24) is 30.7 Å². The summed E-state index contributed by atoms with van der Waals surface area (Å²) in [5.74, 6) is 1.57. The summed E-state index contributed by atoms with van der Waals surface area (Å²) in [6.07, 6.45) is 0.708. The predicted octanol–water partition coefficient (Wildman–Crippen LogP) is 1.92. The number of nitrogens with zero attached hydrogens (tertiary/aromatic N) is 3. The second-order valence-electron chi connectivity index (χ2n) is 7.83. The number of carbonyl (C=O) groups excluding carboxylic acids is 2. The lowest BCUT2D eigenvalue weighted by molar-refractivity contribution is -0.120. The lowest BCUT2D eigenvalue weighted by Crippen LogP contribution is -2.37. The Labute approximate surface area is 192 Å². The Balaban J connectivity index is 1.58. The number of carbonyl (C=O) groups is 2. The molecule has 33 heavy (non-hydrogen) atoms. The number of hydrogen-bond donors (Lipinski definition) is 3. The van der Waals surface area contributed by atoms with Gasteiger partial charge in [0.1, 0.15) is 18.2 Å². The van der Waals surface area contributed by atoms with Crippen molar-refractivity contribution in [3.05, 3.63) is 66.0 Å². The quantitative estimate of drug-likeness (QED) is 0.525. The molecule has 1 aromatic heterocycles. The third kappa shape index (κ3) is 5.95. The molecule has 1 atom stereocenters. The second kappa shape index (κ2) is 10.7. The van der Waals surface area contributed by atoms with Gasteiger partial charge in [-0.3, -0.25) is 9.59 Å². The molecular formula is C24H28N6O3. The highest BCUT2D eigenvalue weighted by Crippen LogP contribution is 2.19. The third-order valence-corrected chi connectivity index (χ3v) is 5.27. The summed E-state index contributed by atoms with van der Waals surface area (Å²) in [6.45, 7) is 3.97. The van der Waals surface area contributed by atoms with Gasteiger partial charge in [0.15, 0.2) is 5.82 Å². The molecule has 0 saturated heterocycles. The van der Waals surface area contributed by atoms with E-state index in [0.29, 0.717) is 55.6 Å². The molecular weight excluding hydrogens is 420 g/mol. The molecule has 3 aromatic rings. The van der Waals surface area contributed by atoms with Crippen LogP contribution in [0.3, 0.4) is 0 Å². The first-order valence-electron chi connectivity index (χ1n) is 11.1. The van der Waals surface area contributed by atoms with Crippen LogP contribution < -0.4 is 20.7 Å². The average molecular weight is 449 g/mol. The Morgan fingerprint density at radius 1 is 1.03 bits per heavy atom. The topological polar surface area (TPSA) is 110 Å². The van der Waals surface area contributed by atoms with Gasteiger partial charge >= 0.3 is 0 Å². The molecule has 1 aliphatic rings. The molecule has 0 unspecified atom stereocenters. The maximum atomic E-state index is 12.4. The number of rotatable bonds is 1. The first-order chi connectivity index (χ1) is 16.1. The first-order valence-corrected chi connectivity index (χ1v) is 11.1. The Kier molecular flexibility index (Phi) is 7.31. The van der Waals surface area contributed by atoms with Gasteiger partial charge in [0, 0.05) is 17.7 Å². The minimum Gasteiger partial charge on any atom is -0.492 e. The minimum atomic E-state index is -0.328. The number of amides is 2. The number of benzene rings is 2. The number of fused-ring (bicyclic) bond motifs is 3. The Morgan fingerprint density at radius 2 is 1.85 bits per heavy atom. The molecule has 0 radical (unpaired) electrons. The summed E-state index contributed by atoms with van der Waals surface area (Å²) >= 11 is 0. The zero-order valence-corrected chi connectivity index (χ0v) is 18.6. The zero-order chi connectivity index (χ0) is 23.0. The molecule has 3 N–H and O–H groups in total. The van der Waals surface area contributed by atoms with Gasteiger partial charge in [-0.25, -0.2) is 9.67 Å². The van der Waals surface area contributed by atoms with Gasteiger partial charge in [0.2, 0.25) is 5.91 Å². The monoisotopic (exact) mass is 448 g/mol. The van der Waals surface area contributed by atoms with E-state index < -0.39 is 0 Å². The summed E-state index contributed by atoms with van der Waals surface area (Å²) in [5.41, 5.74) is 1.44. The highest BCUT2D eigenvalue weighted by molar-refractivity contribution is 5.94. The highest BCUT2D eigenvalue weighted by Gasteiger charge is 2.19. The van der Waals surface area contributed by atoms with E-state index in [1.807, 2.05) is 43.3 Å². The van der Waals surface area contributed by atoms with Crippen molar-refractivity contribution < 1.29 is 14.3 Å². The highest BCUT2D eigenvalue weighted by atomic mass is 16.5. The molecule has 9 nitrogen and oxygen atoms in total. The van der Waals surface area contributed by atoms with E-state index >= 15 is 0 Å². The van der Waals surface area contributed by atoms with Crippen molar-refractivity contribution in [2.45, 2.75) is 25.9 Å². The predicted molar refractivity (Wildman–Crippen MR) is 124 cm³/mol. The first kappa shape index (κ1) is 22.5. The standard InChI is InChI=1S/C24H28N6O3/c1-17-23-28-22(18-7-3-2-4-8-18)29-30(23)13-14-33-20-10-5-9-19(15-20)24(32)26-12-6-11-25-16-21(31)27-17/h2-5,7-10,15,17,25H,6,11-14,16H2,1H3,(H,26,32)(H,27,31)/t17-/m0/s1. The fourth-order valence-corrected chi connectivity index (χ4v) is 3.60. The van der Waals surface area contributed by atoms with Gasteiger partial charge < -0.3 is 20.7 Å². The van der Waals surface area contributed by atoms with Gasteiger partial charge in [0.05, 0.1) is 19.1 Å². The number of hydrogen-bond acceptors (Lipinski definition) is 6. The van der Waals surface area contributed by atoms with E-state index in [2.05, 4.69) is 21.0 Å². The molecule has 9 heteroatoms. The Morgan fingerprint density at radius 3 is 2.70 bits per heavy atom. The summed E-state index contributed by atoms with van der Waals surface area (Å²) in [6, 6.07) is 16.5. The van der Waals surface area contributed by atoms with Crippen LogP contribution in [0.15, 0.2) is 54.6 Å². The van der Waals surface area contributed by atoms with Crippen LogP contribution in [-0.4, -0.2) is 52.8 Å². The van der Waals surface area contributed by atoms with Gasteiger partial charge in [0.25, 0.3) is 5.91 Å². The van der Waals surface area contributed by atoms with Crippen molar-refractivity contribution in [2.75, 3.05) is 26.2 Å². The van der Waals surface area contributed by atoms with Gasteiger partial charge in [-0.15, -0.1) is 0 Å². The maximum Gasteiger partial charge on any atom is 0.251 e. The molecule has 2 bridgehead atoms. The fourth-order valence-electron chi connectivity index (χ4n) is 3.60. The average Bonchev–Trinajstić information content (AvgIpc) is 3.26. The van der Waals surface area contributed by atoms with Gasteiger partial charge in [-0.1, -0.05) is 36.4 Å². The van der Waals surface area contributed by atoms with E-state index in [0.717, 1.165) is 5.56 Å². The molecule has 2 amide bonds. The zero-order valence-electron chi connectivity index (χ0n) is 18.6. The number of nitrogens with one attached hydrogen (secondary N) is 3. The van der Waals surface area contributed by atoms with E-state index in [1.165, 1.54) is 0 Å².